The number of halogens is 1. The minimum atomic E-state index is -0.540. The van der Waals surface area contributed by atoms with Gasteiger partial charge in [0.1, 0.15) is 29.4 Å². The van der Waals surface area contributed by atoms with Gasteiger partial charge in [0.15, 0.2) is 0 Å². The Kier molecular flexibility index (Phi) is 12.6. The number of esters is 1. The summed E-state index contributed by atoms with van der Waals surface area (Å²) in [5.74, 6) is -0.301. The zero-order valence-corrected chi connectivity index (χ0v) is 27.4. The van der Waals surface area contributed by atoms with Crippen molar-refractivity contribution in [3.8, 4) is 5.75 Å². The molecular formula is C34H47ClN2O6. The Balaban J connectivity index is 1.75. The predicted octanol–water partition coefficient (Wildman–Crippen LogP) is 6.90. The van der Waals surface area contributed by atoms with Gasteiger partial charge in [-0.3, -0.25) is 0 Å². The largest absolute Gasteiger partial charge is 0.488 e. The van der Waals surface area contributed by atoms with Crippen molar-refractivity contribution in [3.05, 3.63) is 70.1 Å². The zero-order chi connectivity index (χ0) is 31.6. The van der Waals surface area contributed by atoms with Gasteiger partial charge in [-0.15, -0.1) is 0 Å². The van der Waals surface area contributed by atoms with Crippen LogP contribution in [-0.4, -0.2) is 66.3 Å². The third-order valence-corrected chi connectivity index (χ3v) is 7.67. The van der Waals surface area contributed by atoms with E-state index >= 15 is 0 Å². The Morgan fingerprint density at radius 3 is 2.47 bits per heavy atom. The van der Waals surface area contributed by atoms with Crippen LogP contribution >= 0.6 is 11.6 Å². The van der Waals surface area contributed by atoms with E-state index in [0.717, 1.165) is 49.2 Å². The highest BCUT2D eigenvalue weighted by Gasteiger charge is 2.29. The number of benzene rings is 1. The van der Waals surface area contributed by atoms with Crippen LogP contribution in [0, 0.1) is 0 Å². The van der Waals surface area contributed by atoms with E-state index in [1.807, 2.05) is 77.8 Å². The third kappa shape index (κ3) is 11.2. The average Bonchev–Trinajstić information content (AvgIpc) is 3.45. The second-order valence-electron chi connectivity index (χ2n) is 12.7. The molecule has 0 saturated carbocycles. The molecular weight excluding hydrogens is 568 g/mol. The fraction of sp³-hybridized carbons (Fsp3) is 0.559. The number of nitrogens with zero attached hydrogens (tertiary/aromatic N) is 2. The quantitative estimate of drug-likeness (QED) is 0.0927. The Morgan fingerprint density at radius 2 is 1.88 bits per heavy atom. The molecule has 3 rings (SSSR count). The number of aromatic nitrogens is 1. The molecule has 1 aliphatic rings. The summed E-state index contributed by atoms with van der Waals surface area (Å²) in [6.07, 6.45) is 5.34. The lowest BCUT2D eigenvalue weighted by molar-refractivity contribution is -0.140. The summed E-state index contributed by atoms with van der Waals surface area (Å²) in [6, 6.07) is 11.0. The van der Waals surface area contributed by atoms with Crippen molar-refractivity contribution in [2.45, 2.75) is 97.1 Å². The number of carbonyl (C=O) groups is 2. The first-order chi connectivity index (χ1) is 20.3. The first-order valence-electron chi connectivity index (χ1n) is 15.0. The molecule has 1 aliphatic heterocycles. The molecule has 0 bridgehead atoms. The lowest BCUT2D eigenvalue weighted by atomic mass is 9.88. The van der Waals surface area contributed by atoms with Crippen molar-refractivity contribution in [2.24, 2.45) is 0 Å². The monoisotopic (exact) mass is 614 g/mol. The van der Waals surface area contributed by atoms with E-state index in [1.165, 1.54) is 0 Å². The molecule has 1 aromatic heterocycles. The molecule has 0 N–H and O–H groups in total. The highest BCUT2D eigenvalue weighted by molar-refractivity contribution is 6.29. The number of aldehydes is 1. The van der Waals surface area contributed by atoms with Gasteiger partial charge >= 0.3 is 5.97 Å². The maximum atomic E-state index is 13.7. The molecule has 2 atom stereocenters. The molecule has 0 radical (unpaired) electrons. The van der Waals surface area contributed by atoms with Crippen LogP contribution in [0.4, 0.5) is 0 Å². The van der Waals surface area contributed by atoms with E-state index in [0.29, 0.717) is 29.4 Å². The molecule has 236 valence electrons. The van der Waals surface area contributed by atoms with E-state index in [2.05, 4.69) is 4.98 Å². The van der Waals surface area contributed by atoms with Crippen LogP contribution in [0.5, 0.6) is 5.75 Å². The maximum absolute atomic E-state index is 13.7. The Hall–Kier alpha value is -2.94. The van der Waals surface area contributed by atoms with Gasteiger partial charge in [0.2, 0.25) is 0 Å². The molecule has 2 aromatic rings. The van der Waals surface area contributed by atoms with Gasteiger partial charge in [-0.1, -0.05) is 29.8 Å². The van der Waals surface area contributed by atoms with Gasteiger partial charge in [-0.25, -0.2) is 9.78 Å². The molecule has 2 heterocycles. The van der Waals surface area contributed by atoms with Crippen LogP contribution in [0.1, 0.15) is 84.3 Å². The van der Waals surface area contributed by atoms with E-state index in [4.69, 9.17) is 30.5 Å². The van der Waals surface area contributed by atoms with Crippen molar-refractivity contribution < 1.29 is 28.5 Å². The van der Waals surface area contributed by atoms with Gasteiger partial charge in [-0.05, 0) is 83.7 Å². The van der Waals surface area contributed by atoms with E-state index in [9.17, 15) is 9.59 Å². The highest BCUT2D eigenvalue weighted by Crippen LogP contribution is 2.32. The van der Waals surface area contributed by atoms with Crippen LogP contribution in [-0.2, 0) is 30.4 Å². The average molecular weight is 615 g/mol. The van der Waals surface area contributed by atoms with Gasteiger partial charge in [0.05, 0.1) is 23.9 Å². The van der Waals surface area contributed by atoms with Gasteiger partial charge in [0.25, 0.3) is 0 Å². The van der Waals surface area contributed by atoms with Crippen molar-refractivity contribution in [1.82, 2.24) is 9.88 Å². The predicted molar refractivity (Wildman–Crippen MR) is 168 cm³/mol. The Bertz CT molecular complexity index is 1210. The Labute approximate surface area is 261 Å². The molecule has 1 fully saturated rings. The first-order valence-corrected chi connectivity index (χ1v) is 15.3. The van der Waals surface area contributed by atoms with Gasteiger partial charge < -0.3 is 28.6 Å². The molecule has 9 heteroatoms. The SMILES string of the molecule is C/C(=C(\C(=O)OCc1ccc(OC(C)(C)CCOC(C)(C)C)cc1)C(CC=O)c1ccc(Cl)nc1)N(C)CC1CCCO1. The fourth-order valence-corrected chi connectivity index (χ4v) is 5.05. The minimum absolute atomic E-state index is 0.0703. The second kappa shape index (κ2) is 15.7. The Morgan fingerprint density at radius 1 is 1.16 bits per heavy atom. The third-order valence-electron chi connectivity index (χ3n) is 7.44. The minimum Gasteiger partial charge on any atom is -0.488 e. The second-order valence-corrected chi connectivity index (χ2v) is 13.1. The van der Waals surface area contributed by atoms with Crippen molar-refractivity contribution in [1.29, 1.82) is 0 Å². The molecule has 8 nitrogen and oxygen atoms in total. The number of pyridine rings is 1. The van der Waals surface area contributed by atoms with Crippen LogP contribution in [0.3, 0.4) is 0 Å². The van der Waals surface area contributed by atoms with E-state index in [1.54, 1.807) is 18.3 Å². The number of hydrogen-bond acceptors (Lipinski definition) is 8. The summed E-state index contributed by atoms with van der Waals surface area (Å²) in [6.45, 7) is 14.1. The number of rotatable bonds is 15. The van der Waals surface area contributed by atoms with Crippen molar-refractivity contribution >= 4 is 23.9 Å². The molecule has 0 amide bonds. The summed E-state index contributed by atoms with van der Waals surface area (Å²) in [5.41, 5.74) is 2.07. The summed E-state index contributed by atoms with van der Waals surface area (Å²) in [7, 11) is 1.93. The first kappa shape index (κ1) is 34.5. The number of carbonyl (C=O) groups excluding carboxylic acids is 2. The summed E-state index contributed by atoms with van der Waals surface area (Å²) < 4.78 is 23.7. The van der Waals surface area contributed by atoms with Crippen LogP contribution in [0.15, 0.2) is 53.9 Å². The maximum Gasteiger partial charge on any atom is 0.336 e. The molecule has 1 saturated heterocycles. The lowest BCUT2D eigenvalue weighted by Crippen LogP contribution is -2.32. The van der Waals surface area contributed by atoms with Crippen LogP contribution < -0.4 is 4.74 Å². The molecule has 43 heavy (non-hydrogen) atoms. The lowest BCUT2D eigenvalue weighted by Gasteiger charge is -2.29. The number of likely N-dealkylation sites (N-methyl/N-ethyl adjacent to an activating group) is 1. The van der Waals surface area contributed by atoms with E-state index in [-0.39, 0.29) is 24.7 Å². The number of allylic oxidation sites excluding steroid dienone is 1. The number of hydrogen-bond donors (Lipinski definition) is 0. The highest BCUT2D eigenvalue weighted by atomic mass is 35.5. The smallest absolute Gasteiger partial charge is 0.336 e. The zero-order valence-electron chi connectivity index (χ0n) is 26.7. The van der Waals surface area contributed by atoms with Crippen LogP contribution in [0.2, 0.25) is 5.15 Å². The van der Waals surface area contributed by atoms with Crippen LogP contribution in [0.25, 0.3) is 0 Å². The topological polar surface area (TPSA) is 87.2 Å². The number of ether oxygens (including phenoxy) is 4. The summed E-state index contributed by atoms with van der Waals surface area (Å²) >= 11 is 6.03. The van der Waals surface area contributed by atoms with Crippen molar-refractivity contribution in [3.63, 3.8) is 0 Å². The summed E-state index contributed by atoms with van der Waals surface area (Å²) in [4.78, 5) is 31.7. The fourth-order valence-electron chi connectivity index (χ4n) is 4.94. The molecule has 2 unspecified atom stereocenters. The normalized spacial score (nSPS) is 16.8. The van der Waals surface area contributed by atoms with Gasteiger partial charge in [0, 0.05) is 50.9 Å². The molecule has 0 spiro atoms. The van der Waals surface area contributed by atoms with E-state index < -0.39 is 17.5 Å². The van der Waals surface area contributed by atoms with Gasteiger partial charge in [-0.2, -0.15) is 0 Å². The molecule has 0 aliphatic carbocycles. The summed E-state index contributed by atoms with van der Waals surface area (Å²) in [5, 5.41) is 0.336. The molecule has 1 aromatic carbocycles. The van der Waals surface area contributed by atoms with Crippen molar-refractivity contribution in [2.75, 3.05) is 26.8 Å². The standard InChI is InChI=1S/C34H47ClN2O6/c1-24(37(7)22-28-9-8-19-40-28)31(29(16-18-38)26-12-15-30(35)36-21-26)32(39)41-23-25-10-13-27(14-11-25)43-34(5,6)17-20-42-33(2,3)4/h10-15,18,21,28-29H,8-9,16-17,19-20,22-23H2,1-7H3/b31-24+.